The van der Waals surface area contributed by atoms with Crippen molar-refractivity contribution >= 4 is 12.0 Å². The zero-order valence-electron chi connectivity index (χ0n) is 13.4. The van der Waals surface area contributed by atoms with Gasteiger partial charge >= 0.3 is 6.61 Å². The van der Waals surface area contributed by atoms with Crippen LogP contribution in [0.25, 0.3) is 6.08 Å². The van der Waals surface area contributed by atoms with E-state index in [4.69, 9.17) is 9.47 Å². The Bertz CT molecular complexity index is 535. The molecule has 0 aromatic heterocycles. The number of alkyl halides is 2. The Labute approximate surface area is 134 Å². The predicted molar refractivity (Wildman–Crippen MR) is 82.8 cm³/mol. The van der Waals surface area contributed by atoms with E-state index in [-0.39, 0.29) is 17.4 Å². The van der Waals surface area contributed by atoms with Crippen molar-refractivity contribution in [2.75, 3.05) is 34.4 Å². The molecule has 128 valence electrons. The number of benzene rings is 1. The predicted octanol–water partition coefficient (Wildman–Crippen LogP) is 2.80. The highest BCUT2D eigenvalue weighted by molar-refractivity contribution is 5.91. The monoisotopic (exact) mass is 329 g/mol. The van der Waals surface area contributed by atoms with E-state index in [0.717, 1.165) is 6.42 Å². The Morgan fingerprint density at radius 1 is 1.30 bits per heavy atom. The highest BCUT2D eigenvalue weighted by Gasteiger charge is 2.10. The third kappa shape index (κ3) is 6.65. The molecule has 0 aliphatic heterocycles. The van der Waals surface area contributed by atoms with Gasteiger partial charge in [0.2, 0.25) is 5.91 Å². The molecule has 0 atom stereocenters. The number of rotatable bonds is 9. The Kier molecular flexibility index (Phi) is 8.04. The second-order valence-corrected chi connectivity index (χ2v) is 4.73. The smallest absolute Gasteiger partial charge is 0.387 e. The SMILES string of the molecule is COCCCN(C)C(=O)/C=C/c1ccc(OC(F)F)c(OC)c1. The summed E-state index contributed by atoms with van der Waals surface area (Å²) in [6.07, 6.45) is 3.75. The maximum absolute atomic E-state index is 12.3. The topological polar surface area (TPSA) is 48.0 Å². The van der Waals surface area contributed by atoms with Crippen LogP contribution in [0.15, 0.2) is 24.3 Å². The van der Waals surface area contributed by atoms with Gasteiger partial charge in [0.1, 0.15) is 0 Å². The summed E-state index contributed by atoms with van der Waals surface area (Å²) in [5.74, 6) is -0.0380. The Balaban J connectivity index is 2.70. The number of amides is 1. The highest BCUT2D eigenvalue weighted by Crippen LogP contribution is 2.29. The third-order valence-electron chi connectivity index (χ3n) is 3.04. The van der Waals surface area contributed by atoms with Crippen LogP contribution in [-0.4, -0.2) is 51.8 Å². The van der Waals surface area contributed by atoms with Crippen molar-refractivity contribution in [2.45, 2.75) is 13.0 Å². The molecular formula is C16H21F2NO4. The molecule has 5 nitrogen and oxygen atoms in total. The molecule has 1 aromatic rings. The van der Waals surface area contributed by atoms with Crippen LogP contribution in [0.4, 0.5) is 8.78 Å². The average Bonchev–Trinajstić information content (AvgIpc) is 2.53. The minimum absolute atomic E-state index is 0.0531. The molecule has 23 heavy (non-hydrogen) atoms. The molecule has 1 rings (SSSR count). The van der Waals surface area contributed by atoms with E-state index in [1.807, 2.05) is 0 Å². The van der Waals surface area contributed by atoms with E-state index in [1.165, 1.54) is 25.3 Å². The van der Waals surface area contributed by atoms with Gasteiger partial charge in [0.05, 0.1) is 7.11 Å². The number of hydrogen-bond donors (Lipinski definition) is 0. The lowest BCUT2D eigenvalue weighted by Gasteiger charge is -2.14. The molecule has 0 spiro atoms. The maximum Gasteiger partial charge on any atom is 0.387 e. The van der Waals surface area contributed by atoms with E-state index in [9.17, 15) is 13.6 Å². The molecule has 0 aliphatic carbocycles. The summed E-state index contributed by atoms with van der Waals surface area (Å²) in [6.45, 7) is -1.75. The summed E-state index contributed by atoms with van der Waals surface area (Å²) >= 11 is 0. The minimum Gasteiger partial charge on any atom is -0.493 e. The lowest BCUT2D eigenvalue weighted by molar-refractivity contribution is -0.124. The molecule has 0 saturated heterocycles. The van der Waals surface area contributed by atoms with Crippen LogP contribution in [0, 0.1) is 0 Å². The second-order valence-electron chi connectivity index (χ2n) is 4.73. The van der Waals surface area contributed by atoms with Crippen LogP contribution in [0.3, 0.4) is 0 Å². The quantitative estimate of drug-likeness (QED) is 0.516. The fourth-order valence-electron chi connectivity index (χ4n) is 1.83. The number of hydrogen-bond acceptors (Lipinski definition) is 4. The van der Waals surface area contributed by atoms with Crippen LogP contribution in [0.1, 0.15) is 12.0 Å². The Morgan fingerprint density at radius 2 is 2.04 bits per heavy atom. The van der Waals surface area contributed by atoms with Crippen molar-refractivity contribution in [1.82, 2.24) is 4.90 Å². The first kappa shape index (κ1) is 18.9. The molecule has 1 aromatic carbocycles. The summed E-state index contributed by atoms with van der Waals surface area (Å²) in [4.78, 5) is 13.5. The molecule has 0 saturated carbocycles. The van der Waals surface area contributed by atoms with Crippen LogP contribution in [0.5, 0.6) is 11.5 Å². The van der Waals surface area contributed by atoms with Crippen LogP contribution < -0.4 is 9.47 Å². The fraction of sp³-hybridized carbons (Fsp3) is 0.438. The largest absolute Gasteiger partial charge is 0.493 e. The van der Waals surface area contributed by atoms with E-state index < -0.39 is 6.61 Å². The summed E-state index contributed by atoms with van der Waals surface area (Å²) in [5.41, 5.74) is 0.641. The van der Waals surface area contributed by atoms with Crippen molar-refractivity contribution < 1.29 is 27.8 Å². The van der Waals surface area contributed by atoms with E-state index in [1.54, 1.807) is 31.2 Å². The van der Waals surface area contributed by atoms with Crippen molar-refractivity contribution in [2.24, 2.45) is 0 Å². The number of carbonyl (C=O) groups is 1. The van der Waals surface area contributed by atoms with Gasteiger partial charge in [-0.2, -0.15) is 8.78 Å². The standard InChI is InChI=1S/C16H21F2NO4/c1-19(9-4-10-21-2)15(20)8-6-12-5-7-13(23-16(17)18)14(11-12)22-3/h5-8,11,16H,4,9-10H2,1-3H3/b8-6+. The molecule has 0 N–H and O–H groups in total. The van der Waals surface area contributed by atoms with Gasteiger partial charge in [-0.05, 0) is 30.2 Å². The number of methoxy groups -OCH3 is 2. The van der Waals surface area contributed by atoms with Gasteiger partial charge in [0, 0.05) is 33.4 Å². The fourth-order valence-corrected chi connectivity index (χ4v) is 1.83. The molecular weight excluding hydrogens is 308 g/mol. The number of nitrogens with zero attached hydrogens (tertiary/aromatic N) is 1. The number of ether oxygens (including phenoxy) is 3. The molecule has 1 amide bonds. The van der Waals surface area contributed by atoms with Gasteiger partial charge in [-0.1, -0.05) is 6.07 Å². The van der Waals surface area contributed by atoms with Crippen LogP contribution in [-0.2, 0) is 9.53 Å². The third-order valence-corrected chi connectivity index (χ3v) is 3.04. The van der Waals surface area contributed by atoms with E-state index in [2.05, 4.69) is 4.74 Å². The van der Waals surface area contributed by atoms with Crippen LogP contribution >= 0.6 is 0 Å². The van der Waals surface area contributed by atoms with Gasteiger partial charge in [-0.25, -0.2) is 0 Å². The zero-order chi connectivity index (χ0) is 17.2. The Hall–Kier alpha value is -2.15. The first-order valence-corrected chi connectivity index (χ1v) is 7.03. The summed E-state index contributed by atoms with van der Waals surface area (Å²) < 4.78 is 38.8. The van der Waals surface area contributed by atoms with Gasteiger partial charge in [0.15, 0.2) is 11.5 Å². The van der Waals surface area contributed by atoms with Crippen LogP contribution in [0.2, 0.25) is 0 Å². The average molecular weight is 329 g/mol. The molecule has 0 radical (unpaired) electrons. The summed E-state index contributed by atoms with van der Waals surface area (Å²) in [6, 6.07) is 4.46. The zero-order valence-corrected chi connectivity index (χ0v) is 13.4. The molecule has 0 heterocycles. The van der Waals surface area contributed by atoms with Crippen molar-refractivity contribution in [3.05, 3.63) is 29.8 Å². The van der Waals surface area contributed by atoms with Crippen molar-refractivity contribution in [1.29, 1.82) is 0 Å². The van der Waals surface area contributed by atoms with Gasteiger partial charge in [-0.15, -0.1) is 0 Å². The Morgan fingerprint density at radius 3 is 2.65 bits per heavy atom. The molecule has 0 unspecified atom stereocenters. The first-order chi connectivity index (χ1) is 11.0. The highest BCUT2D eigenvalue weighted by atomic mass is 19.3. The molecule has 0 fully saturated rings. The van der Waals surface area contributed by atoms with Gasteiger partial charge < -0.3 is 19.1 Å². The second kappa shape index (κ2) is 9.78. The normalized spacial score (nSPS) is 11.0. The maximum atomic E-state index is 12.3. The van der Waals surface area contributed by atoms with Gasteiger partial charge in [-0.3, -0.25) is 4.79 Å². The lowest BCUT2D eigenvalue weighted by atomic mass is 10.2. The lowest BCUT2D eigenvalue weighted by Crippen LogP contribution is -2.26. The number of carbonyl (C=O) groups excluding carboxylic acids is 1. The molecule has 0 bridgehead atoms. The van der Waals surface area contributed by atoms with Crippen molar-refractivity contribution in [3.63, 3.8) is 0 Å². The first-order valence-electron chi connectivity index (χ1n) is 7.03. The minimum atomic E-state index is -2.92. The van der Waals surface area contributed by atoms with E-state index in [0.29, 0.717) is 18.7 Å². The van der Waals surface area contributed by atoms with Crippen molar-refractivity contribution in [3.8, 4) is 11.5 Å². The van der Waals surface area contributed by atoms with Gasteiger partial charge in [0.25, 0.3) is 0 Å². The summed E-state index contributed by atoms with van der Waals surface area (Å²) in [5, 5.41) is 0. The van der Waals surface area contributed by atoms with E-state index >= 15 is 0 Å². The molecule has 7 heteroatoms. The molecule has 0 aliphatic rings. The number of halogens is 2. The summed E-state index contributed by atoms with van der Waals surface area (Å²) in [7, 11) is 4.66. The number of likely N-dealkylation sites (N-methyl/N-ethyl adjacent to an activating group) is 1.